The van der Waals surface area contributed by atoms with Crippen LogP contribution in [-0.4, -0.2) is 17.9 Å². The number of hydrogen-bond donors (Lipinski definition) is 2. The molecule has 4 nitrogen and oxygen atoms in total. The molecule has 2 aromatic rings. The Morgan fingerprint density at radius 2 is 1.86 bits per heavy atom. The maximum absolute atomic E-state index is 12.9. The van der Waals surface area contributed by atoms with E-state index in [4.69, 9.17) is 5.73 Å². The van der Waals surface area contributed by atoms with E-state index in [2.05, 4.69) is 27.9 Å². The van der Waals surface area contributed by atoms with Crippen LogP contribution < -0.4 is 11.1 Å². The van der Waals surface area contributed by atoms with Crippen molar-refractivity contribution in [3.8, 4) is 0 Å². The van der Waals surface area contributed by atoms with Gasteiger partial charge < -0.3 is 11.1 Å². The van der Waals surface area contributed by atoms with Crippen LogP contribution in [0.3, 0.4) is 0 Å². The number of halogens is 2. The van der Waals surface area contributed by atoms with Crippen LogP contribution >= 0.6 is 22.6 Å². The first kappa shape index (κ1) is 16.4. The molecule has 0 aliphatic heterocycles. The van der Waals surface area contributed by atoms with E-state index >= 15 is 0 Å². The number of rotatable bonds is 5. The summed E-state index contributed by atoms with van der Waals surface area (Å²) in [5.74, 6) is -1.51. The molecule has 3 N–H and O–H groups in total. The molecule has 2 aromatic carbocycles. The highest BCUT2D eigenvalue weighted by Crippen LogP contribution is 2.10. The highest BCUT2D eigenvalue weighted by atomic mass is 127. The molecule has 22 heavy (non-hydrogen) atoms. The van der Waals surface area contributed by atoms with E-state index in [0.717, 1.165) is 9.13 Å². The molecule has 0 saturated carbocycles. The Balaban J connectivity index is 2.10. The van der Waals surface area contributed by atoms with Crippen molar-refractivity contribution in [2.24, 2.45) is 5.73 Å². The largest absolute Gasteiger partial charge is 0.368 e. The van der Waals surface area contributed by atoms with E-state index in [1.165, 1.54) is 24.3 Å². The predicted molar refractivity (Wildman–Crippen MR) is 89.7 cm³/mol. The van der Waals surface area contributed by atoms with Gasteiger partial charge in [0.2, 0.25) is 5.91 Å². The number of hydrogen-bond acceptors (Lipinski definition) is 2. The summed E-state index contributed by atoms with van der Waals surface area (Å²) < 4.78 is 13.9. The van der Waals surface area contributed by atoms with Crippen LogP contribution in [0, 0.1) is 9.39 Å². The van der Waals surface area contributed by atoms with Crippen molar-refractivity contribution in [3.63, 3.8) is 0 Å². The third kappa shape index (κ3) is 4.52. The van der Waals surface area contributed by atoms with Crippen molar-refractivity contribution in [2.75, 3.05) is 0 Å². The van der Waals surface area contributed by atoms with Gasteiger partial charge in [0.25, 0.3) is 5.91 Å². The second kappa shape index (κ2) is 7.35. The topological polar surface area (TPSA) is 72.2 Å². The minimum atomic E-state index is -0.823. The molecule has 0 saturated heterocycles. The molecule has 0 spiro atoms. The van der Waals surface area contributed by atoms with Crippen LogP contribution in [0.2, 0.25) is 0 Å². The molecule has 0 radical (unpaired) electrons. The van der Waals surface area contributed by atoms with Gasteiger partial charge in [0.05, 0.1) is 0 Å². The van der Waals surface area contributed by atoms with Gasteiger partial charge in [-0.1, -0.05) is 12.1 Å². The van der Waals surface area contributed by atoms with Gasteiger partial charge in [-0.05, 0) is 64.6 Å². The summed E-state index contributed by atoms with van der Waals surface area (Å²) in [4.78, 5) is 23.6. The summed E-state index contributed by atoms with van der Waals surface area (Å²) in [6, 6.07) is 11.8. The van der Waals surface area contributed by atoms with Crippen molar-refractivity contribution >= 4 is 34.4 Å². The molecule has 0 heterocycles. The van der Waals surface area contributed by atoms with Gasteiger partial charge >= 0.3 is 0 Å². The number of nitrogens with two attached hydrogens (primary N) is 1. The van der Waals surface area contributed by atoms with Gasteiger partial charge in [0.15, 0.2) is 0 Å². The van der Waals surface area contributed by atoms with Crippen LogP contribution in [0.15, 0.2) is 48.5 Å². The van der Waals surface area contributed by atoms with Crippen molar-refractivity contribution in [3.05, 3.63) is 69.0 Å². The molecular weight excluding hydrogens is 398 g/mol. The van der Waals surface area contributed by atoms with Gasteiger partial charge in [0.1, 0.15) is 11.9 Å². The van der Waals surface area contributed by atoms with E-state index < -0.39 is 23.7 Å². The molecule has 114 valence electrons. The van der Waals surface area contributed by atoms with Crippen molar-refractivity contribution < 1.29 is 14.0 Å². The van der Waals surface area contributed by atoms with Gasteiger partial charge in [-0.3, -0.25) is 9.59 Å². The molecule has 1 atom stereocenters. The number of benzene rings is 2. The van der Waals surface area contributed by atoms with E-state index in [1.54, 1.807) is 0 Å². The van der Waals surface area contributed by atoms with Crippen LogP contribution in [0.25, 0.3) is 0 Å². The number of carbonyl (C=O) groups excluding carboxylic acids is 2. The summed E-state index contributed by atoms with van der Waals surface area (Å²) in [5.41, 5.74) is 6.53. The van der Waals surface area contributed by atoms with Gasteiger partial charge in [-0.25, -0.2) is 4.39 Å². The summed E-state index contributed by atoms with van der Waals surface area (Å²) in [7, 11) is 0. The lowest BCUT2D eigenvalue weighted by molar-refractivity contribution is -0.119. The zero-order valence-electron chi connectivity index (χ0n) is 11.6. The minimum Gasteiger partial charge on any atom is -0.368 e. The van der Waals surface area contributed by atoms with Gasteiger partial charge in [-0.2, -0.15) is 0 Å². The van der Waals surface area contributed by atoms with E-state index in [1.807, 2.05) is 24.3 Å². The van der Waals surface area contributed by atoms with Crippen LogP contribution in [0.5, 0.6) is 0 Å². The SMILES string of the molecule is NC(=O)[C@H](Cc1cccc(I)c1)NC(=O)c1ccc(F)cc1. The second-order valence-electron chi connectivity index (χ2n) is 4.77. The Hall–Kier alpha value is -1.96. The van der Waals surface area contributed by atoms with E-state index in [0.29, 0.717) is 6.42 Å². The van der Waals surface area contributed by atoms with Crippen molar-refractivity contribution in [2.45, 2.75) is 12.5 Å². The first-order chi connectivity index (χ1) is 10.5. The minimum absolute atomic E-state index is 0.273. The zero-order chi connectivity index (χ0) is 16.1. The molecule has 0 aromatic heterocycles. The predicted octanol–water partition coefficient (Wildman–Crippen LogP) is 2.26. The molecule has 0 fully saturated rings. The second-order valence-corrected chi connectivity index (χ2v) is 6.01. The number of primary amides is 1. The van der Waals surface area contributed by atoms with Crippen LogP contribution in [0.1, 0.15) is 15.9 Å². The molecule has 6 heteroatoms. The highest BCUT2D eigenvalue weighted by Gasteiger charge is 2.19. The Labute approximate surface area is 141 Å². The third-order valence-electron chi connectivity index (χ3n) is 3.08. The molecule has 2 amide bonds. The standard InChI is InChI=1S/C16H14FIN2O2/c17-12-6-4-11(5-7-12)16(22)20-14(15(19)21)9-10-2-1-3-13(18)8-10/h1-8,14H,9H2,(H2,19,21)(H,20,22)/t14-/m0/s1. The maximum atomic E-state index is 12.9. The monoisotopic (exact) mass is 412 g/mol. The van der Waals surface area contributed by atoms with Crippen molar-refractivity contribution in [1.29, 1.82) is 0 Å². The fraction of sp³-hybridized carbons (Fsp3) is 0.125. The smallest absolute Gasteiger partial charge is 0.251 e. The van der Waals surface area contributed by atoms with Crippen LogP contribution in [-0.2, 0) is 11.2 Å². The normalized spacial score (nSPS) is 11.7. The maximum Gasteiger partial charge on any atom is 0.251 e. The fourth-order valence-corrected chi connectivity index (χ4v) is 2.57. The van der Waals surface area contributed by atoms with Crippen LogP contribution in [0.4, 0.5) is 4.39 Å². The van der Waals surface area contributed by atoms with Gasteiger partial charge in [0, 0.05) is 15.6 Å². The molecule has 0 unspecified atom stereocenters. The first-order valence-corrected chi connectivity index (χ1v) is 7.64. The lowest BCUT2D eigenvalue weighted by Crippen LogP contribution is -2.45. The first-order valence-electron chi connectivity index (χ1n) is 6.56. The molecule has 2 rings (SSSR count). The Kier molecular flexibility index (Phi) is 5.48. The van der Waals surface area contributed by atoms with Crippen molar-refractivity contribution in [1.82, 2.24) is 5.32 Å². The summed E-state index contributed by atoms with van der Waals surface area (Å²) in [6.45, 7) is 0. The molecular formula is C16H14FIN2O2. The van der Waals surface area contributed by atoms with Gasteiger partial charge in [-0.15, -0.1) is 0 Å². The molecule has 0 bridgehead atoms. The molecule has 0 aliphatic carbocycles. The number of nitrogens with one attached hydrogen (secondary N) is 1. The third-order valence-corrected chi connectivity index (χ3v) is 3.76. The molecule has 0 aliphatic rings. The fourth-order valence-electron chi connectivity index (χ4n) is 1.97. The quantitative estimate of drug-likeness (QED) is 0.740. The summed E-state index contributed by atoms with van der Waals surface area (Å²) in [6.07, 6.45) is 0.305. The van der Waals surface area contributed by atoms with E-state index in [9.17, 15) is 14.0 Å². The Bertz CT molecular complexity index is 689. The Morgan fingerprint density at radius 3 is 2.45 bits per heavy atom. The van der Waals surface area contributed by atoms with E-state index in [-0.39, 0.29) is 5.56 Å². The lowest BCUT2D eigenvalue weighted by atomic mass is 10.0. The summed E-state index contributed by atoms with van der Waals surface area (Å²) in [5, 5.41) is 2.58. The number of amides is 2. The summed E-state index contributed by atoms with van der Waals surface area (Å²) >= 11 is 2.17. The zero-order valence-corrected chi connectivity index (χ0v) is 13.7. The lowest BCUT2D eigenvalue weighted by Gasteiger charge is -2.16. The number of carbonyl (C=O) groups is 2. The Morgan fingerprint density at radius 1 is 1.18 bits per heavy atom. The average molecular weight is 412 g/mol. The average Bonchev–Trinajstić information content (AvgIpc) is 2.47. The highest BCUT2D eigenvalue weighted by molar-refractivity contribution is 14.1.